The second kappa shape index (κ2) is 6.94. The van der Waals surface area contributed by atoms with E-state index in [0.717, 1.165) is 18.8 Å². The van der Waals surface area contributed by atoms with Crippen LogP contribution in [-0.2, 0) is 20.9 Å². The highest BCUT2D eigenvalue weighted by Gasteiger charge is 2.10. The Hall–Kier alpha value is -2.28. The van der Waals surface area contributed by atoms with E-state index in [1.807, 2.05) is 6.08 Å². The third-order valence-electron chi connectivity index (χ3n) is 3.08. The minimum absolute atomic E-state index is 0.116. The summed E-state index contributed by atoms with van der Waals surface area (Å²) >= 11 is 0. The quantitative estimate of drug-likeness (QED) is 0.484. The van der Waals surface area contributed by atoms with Crippen LogP contribution in [0.2, 0.25) is 0 Å². The van der Waals surface area contributed by atoms with Gasteiger partial charge in [-0.3, -0.25) is 9.47 Å². The predicted molar refractivity (Wildman–Crippen MR) is 78.4 cm³/mol. The van der Waals surface area contributed by atoms with Crippen molar-refractivity contribution in [3.63, 3.8) is 0 Å². The van der Waals surface area contributed by atoms with Crippen LogP contribution in [0.4, 0.5) is 0 Å². The fourth-order valence-corrected chi connectivity index (χ4v) is 1.96. The zero-order chi connectivity index (χ0) is 15.2. The second-order valence-corrected chi connectivity index (χ2v) is 4.70. The number of imidazole rings is 1. The van der Waals surface area contributed by atoms with E-state index in [0.29, 0.717) is 24.7 Å². The molecule has 0 amide bonds. The molecule has 21 heavy (non-hydrogen) atoms. The number of carbonyl (C=O) groups is 1. The summed E-state index contributed by atoms with van der Waals surface area (Å²) in [7, 11) is 0. The number of carbonyl (C=O) groups excluding carboxylic acids is 1. The highest BCUT2D eigenvalue weighted by Crippen LogP contribution is 2.10. The van der Waals surface area contributed by atoms with Crippen molar-refractivity contribution in [1.82, 2.24) is 14.6 Å². The van der Waals surface area contributed by atoms with Gasteiger partial charge in [-0.15, -0.1) is 0 Å². The Morgan fingerprint density at radius 3 is 2.95 bits per heavy atom. The molecule has 1 aromatic rings. The Morgan fingerprint density at radius 1 is 1.57 bits per heavy atom. The molecule has 1 aliphatic rings. The molecule has 0 aliphatic carbocycles. The molecule has 1 fully saturated rings. The molecule has 0 unspecified atom stereocenters. The third-order valence-corrected chi connectivity index (χ3v) is 3.08. The number of ether oxygens (including phenoxy) is 2. The largest absolute Gasteiger partial charge is 0.459 e. The summed E-state index contributed by atoms with van der Waals surface area (Å²) < 4.78 is 11.6. The van der Waals surface area contributed by atoms with Crippen LogP contribution < -0.4 is 5.84 Å². The number of hydrogen-bond acceptors (Lipinski definition) is 6. The second-order valence-electron chi connectivity index (χ2n) is 4.70. The number of morpholine rings is 1. The van der Waals surface area contributed by atoms with Crippen LogP contribution in [0.1, 0.15) is 18.4 Å². The summed E-state index contributed by atoms with van der Waals surface area (Å²) in [5, 5.41) is 0. The van der Waals surface area contributed by atoms with Crippen LogP contribution in [0, 0.1) is 0 Å². The zero-order valence-electron chi connectivity index (χ0n) is 12.1. The number of aromatic nitrogens is 2. The first-order valence-corrected chi connectivity index (χ1v) is 6.72. The van der Waals surface area contributed by atoms with E-state index in [1.54, 1.807) is 12.3 Å². The van der Waals surface area contributed by atoms with Gasteiger partial charge in [-0.25, -0.2) is 4.98 Å². The predicted octanol–water partition coefficient (Wildman–Crippen LogP) is 0.519. The molecule has 2 heterocycles. The molecular weight excluding hydrogens is 272 g/mol. The maximum absolute atomic E-state index is 10.8. The summed E-state index contributed by atoms with van der Waals surface area (Å²) in [6.07, 6.45) is 5.28. The smallest absolute Gasteiger partial charge is 0.303 e. The van der Waals surface area contributed by atoms with Gasteiger partial charge in [-0.05, 0) is 12.2 Å². The lowest BCUT2D eigenvalue weighted by Crippen LogP contribution is -2.34. The fourth-order valence-electron chi connectivity index (χ4n) is 1.96. The van der Waals surface area contributed by atoms with Gasteiger partial charge >= 0.3 is 5.97 Å². The first kappa shape index (κ1) is 15.1. The van der Waals surface area contributed by atoms with Crippen LogP contribution in [0.5, 0.6) is 0 Å². The Kier molecular flexibility index (Phi) is 4.99. The summed E-state index contributed by atoms with van der Waals surface area (Å²) in [4.78, 5) is 17.2. The third kappa shape index (κ3) is 4.35. The number of hydrogen-bond donors (Lipinski definition) is 1. The van der Waals surface area contributed by atoms with Crippen LogP contribution in [0.3, 0.4) is 0 Å². The van der Waals surface area contributed by atoms with E-state index in [1.165, 1.54) is 11.6 Å². The van der Waals surface area contributed by atoms with Crippen molar-refractivity contribution >= 4 is 12.0 Å². The molecule has 0 spiro atoms. The van der Waals surface area contributed by atoms with Gasteiger partial charge in [0.15, 0.2) is 5.82 Å². The van der Waals surface area contributed by atoms with Crippen molar-refractivity contribution in [2.45, 2.75) is 13.5 Å². The normalized spacial score (nSPS) is 15.4. The molecule has 2 rings (SSSR count). The van der Waals surface area contributed by atoms with E-state index >= 15 is 0 Å². The lowest BCUT2D eigenvalue weighted by Gasteiger charge is -2.28. The molecule has 1 aromatic heterocycles. The summed E-state index contributed by atoms with van der Waals surface area (Å²) in [6, 6.07) is 0. The van der Waals surface area contributed by atoms with E-state index in [2.05, 4.69) is 16.5 Å². The van der Waals surface area contributed by atoms with E-state index in [-0.39, 0.29) is 12.6 Å². The first-order valence-electron chi connectivity index (χ1n) is 6.72. The number of nitrogen functional groups attached to an aromatic ring is 1. The lowest BCUT2D eigenvalue weighted by atomic mass is 10.3. The van der Waals surface area contributed by atoms with Crippen LogP contribution in [0.15, 0.2) is 24.5 Å². The molecule has 1 saturated heterocycles. The van der Waals surface area contributed by atoms with E-state index < -0.39 is 0 Å². The van der Waals surface area contributed by atoms with Gasteiger partial charge in [-0.1, -0.05) is 6.58 Å². The average molecular weight is 292 g/mol. The maximum Gasteiger partial charge on any atom is 0.303 e. The van der Waals surface area contributed by atoms with E-state index in [9.17, 15) is 4.79 Å². The molecular formula is C14H20N4O3. The van der Waals surface area contributed by atoms with Crippen molar-refractivity contribution in [3.8, 4) is 0 Å². The molecule has 2 N–H and O–H groups in total. The molecule has 0 bridgehead atoms. The number of nitrogens with two attached hydrogens (primary N) is 1. The first-order chi connectivity index (χ1) is 10.1. The highest BCUT2D eigenvalue weighted by atomic mass is 16.5. The van der Waals surface area contributed by atoms with Gasteiger partial charge in [0, 0.05) is 25.7 Å². The summed E-state index contributed by atoms with van der Waals surface area (Å²) in [5.74, 6) is 6.04. The summed E-state index contributed by atoms with van der Waals surface area (Å²) in [6.45, 7) is 8.58. The topological polar surface area (TPSA) is 82.6 Å². The Bertz CT molecular complexity index is 544. The van der Waals surface area contributed by atoms with Crippen molar-refractivity contribution in [1.29, 1.82) is 0 Å². The number of rotatable bonds is 5. The van der Waals surface area contributed by atoms with Gasteiger partial charge in [0.05, 0.1) is 25.1 Å². The van der Waals surface area contributed by atoms with Crippen molar-refractivity contribution in [2.24, 2.45) is 0 Å². The molecule has 114 valence electrons. The Labute approximate surface area is 123 Å². The molecule has 0 saturated carbocycles. The minimum atomic E-state index is -0.348. The van der Waals surface area contributed by atoms with Crippen molar-refractivity contribution in [2.75, 3.05) is 32.1 Å². The van der Waals surface area contributed by atoms with Gasteiger partial charge in [0.25, 0.3) is 0 Å². The van der Waals surface area contributed by atoms with Gasteiger partial charge in [0.1, 0.15) is 6.61 Å². The van der Waals surface area contributed by atoms with Crippen molar-refractivity contribution < 1.29 is 14.3 Å². The summed E-state index contributed by atoms with van der Waals surface area (Å²) in [5.41, 5.74) is 1.49. The fraction of sp³-hybridized carbons (Fsp3) is 0.429. The van der Waals surface area contributed by atoms with Gasteiger partial charge in [-0.2, -0.15) is 0 Å². The molecule has 0 aromatic carbocycles. The molecule has 0 atom stereocenters. The lowest BCUT2D eigenvalue weighted by molar-refractivity contribution is -0.142. The molecule has 7 nitrogen and oxygen atoms in total. The SMILES string of the molecule is C=C(/C=C\c1nc(COC(C)=O)cn1N)N1CCOCC1. The van der Waals surface area contributed by atoms with E-state index in [4.69, 9.17) is 15.3 Å². The van der Waals surface area contributed by atoms with Crippen LogP contribution in [-0.4, -0.2) is 46.8 Å². The number of nitrogens with zero attached hydrogens (tertiary/aromatic N) is 3. The van der Waals surface area contributed by atoms with Gasteiger partial charge in [0.2, 0.25) is 0 Å². The number of esters is 1. The van der Waals surface area contributed by atoms with Crippen molar-refractivity contribution in [3.05, 3.63) is 36.1 Å². The standard InChI is InChI=1S/C14H20N4O3/c1-11(17-5-7-20-8-6-17)3-4-14-16-13(9-18(14)15)10-21-12(2)19/h3-4,9H,1,5-8,10,15H2,2H3/b4-3-. The number of allylic oxidation sites excluding steroid dienone is 1. The maximum atomic E-state index is 10.8. The Balaban J connectivity index is 1.96. The highest BCUT2D eigenvalue weighted by molar-refractivity contribution is 5.65. The monoisotopic (exact) mass is 292 g/mol. The zero-order valence-corrected chi connectivity index (χ0v) is 12.1. The minimum Gasteiger partial charge on any atom is -0.459 e. The molecule has 1 aliphatic heterocycles. The van der Waals surface area contributed by atoms with Gasteiger partial charge < -0.3 is 20.2 Å². The molecule has 0 radical (unpaired) electrons. The van der Waals surface area contributed by atoms with Crippen LogP contribution in [0.25, 0.3) is 6.08 Å². The average Bonchev–Trinajstić information content (AvgIpc) is 2.84. The molecule has 7 heteroatoms. The Morgan fingerprint density at radius 2 is 2.29 bits per heavy atom. The van der Waals surface area contributed by atoms with Crippen LogP contribution >= 0.6 is 0 Å².